The molecule has 9 nitrogen and oxygen atoms in total. The number of nitrogens with two attached hydrogens (primary N) is 1. The van der Waals surface area contributed by atoms with Crippen LogP contribution < -0.4 is 16.4 Å². The van der Waals surface area contributed by atoms with Crippen LogP contribution >= 0.6 is 0 Å². The molecule has 0 aliphatic rings. The summed E-state index contributed by atoms with van der Waals surface area (Å²) in [6.45, 7) is 13.2. The van der Waals surface area contributed by atoms with Gasteiger partial charge in [-0.05, 0) is 59.9 Å². The van der Waals surface area contributed by atoms with Crippen LogP contribution in [0.1, 0.15) is 84.4 Å². The van der Waals surface area contributed by atoms with Crippen molar-refractivity contribution < 1.29 is 23.9 Å². The monoisotopic (exact) mass is 490 g/mol. The van der Waals surface area contributed by atoms with Gasteiger partial charge in [-0.3, -0.25) is 14.4 Å². The first-order valence-electron chi connectivity index (χ1n) is 12.2. The molecule has 4 amide bonds. The lowest BCUT2D eigenvalue weighted by molar-refractivity contribution is -0.144. The molecule has 1 rings (SSSR count). The second-order valence-electron chi connectivity index (χ2n) is 10.0. The van der Waals surface area contributed by atoms with Gasteiger partial charge in [0.1, 0.15) is 17.7 Å². The van der Waals surface area contributed by atoms with Gasteiger partial charge in [0.05, 0.1) is 0 Å². The number of unbranched alkanes of at least 4 members (excludes halogenated alkanes) is 1. The van der Waals surface area contributed by atoms with E-state index >= 15 is 0 Å². The van der Waals surface area contributed by atoms with Crippen LogP contribution in [0.3, 0.4) is 0 Å². The number of benzene rings is 1. The summed E-state index contributed by atoms with van der Waals surface area (Å²) >= 11 is 0. The number of carbonyl (C=O) groups is 4. The highest BCUT2D eigenvalue weighted by molar-refractivity contribution is 5.92. The molecule has 2 unspecified atom stereocenters. The zero-order valence-electron chi connectivity index (χ0n) is 22.1. The quantitative estimate of drug-likeness (QED) is 0.387. The summed E-state index contributed by atoms with van der Waals surface area (Å²) in [5.74, 6) is -1.41. The lowest BCUT2D eigenvalue weighted by atomic mass is 9.99. The van der Waals surface area contributed by atoms with E-state index in [2.05, 4.69) is 10.6 Å². The van der Waals surface area contributed by atoms with Crippen molar-refractivity contribution in [3.63, 3.8) is 0 Å². The molecule has 0 bridgehead atoms. The van der Waals surface area contributed by atoms with Crippen molar-refractivity contribution in [2.24, 2.45) is 5.73 Å². The van der Waals surface area contributed by atoms with Crippen molar-refractivity contribution in [1.82, 2.24) is 15.5 Å². The molecule has 0 saturated heterocycles. The molecule has 0 fully saturated rings. The number of hydrogen-bond donors (Lipinski definition) is 3. The molecule has 35 heavy (non-hydrogen) atoms. The standard InChI is InChI=1S/C26H42N4O5/c1-8-9-16-28-23(32)22(19-12-10-18(4)11-13-19)30(17(2)3)24(33)20(14-15-21(27)31)29-25(34)35-26(5,6)7/h10-13,17,20,22H,8-9,14-16H2,1-7H3,(H2,27,31)(H,28,32)(H,29,34). The molecule has 0 heterocycles. The van der Waals surface area contributed by atoms with E-state index < -0.39 is 35.6 Å². The summed E-state index contributed by atoms with van der Waals surface area (Å²) < 4.78 is 5.32. The van der Waals surface area contributed by atoms with Crippen molar-refractivity contribution in [3.05, 3.63) is 35.4 Å². The Kier molecular flexibility index (Phi) is 11.7. The van der Waals surface area contributed by atoms with Crippen LogP contribution in [0.5, 0.6) is 0 Å². The molecule has 0 aliphatic heterocycles. The molecular formula is C26H42N4O5. The van der Waals surface area contributed by atoms with E-state index in [4.69, 9.17) is 10.5 Å². The fourth-order valence-electron chi connectivity index (χ4n) is 3.53. The summed E-state index contributed by atoms with van der Waals surface area (Å²) in [4.78, 5) is 52.6. The topological polar surface area (TPSA) is 131 Å². The molecule has 0 aliphatic carbocycles. The first-order chi connectivity index (χ1) is 16.3. The van der Waals surface area contributed by atoms with Crippen LogP contribution in [0.25, 0.3) is 0 Å². The Morgan fingerprint density at radius 2 is 1.69 bits per heavy atom. The molecule has 1 aromatic carbocycles. The minimum atomic E-state index is -1.10. The Labute approximate surface area is 209 Å². The maximum atomic E-state index is 13.8. The lowest BCUT2D eigenvalue weighted by Crippen LogP contribution is -2.55. The molecular weight excluding hydrogens is 448 g/mol. The molecule has 0 aromatic heterocycles. The van der Waals surface area contributed by atoms with E-state index in [1.807, 2.05) is 38.1 Å². The van der Waals surface area contributed by atoms with Crippen LogP contribution in [0.15, 0.2) is 24.3 Å². The number of alkyl carbamates (subject to hydrolysis) is 1. The van der Waals surface area contributed by atoms with Gasteiger partial charge in [-0.1, -0.05) is 43.2 Å². The Balaban J connectivity index is 3.39. The molecule has 0 radical (unpaired) electrons. The molecule has 4 N–H and O–H groups in total. The normalized spacial score (nSPS) is 13.0. The summed E-state index contributed by atoms with van der Waals surface area (Å²) in [7, 11) is 0. The highest BCUT2D eigenvalue weighted by Crippen LogP contribution is 2.26. The zero-order chi connectivity index (χ0) is 26.8. The van der Waals surface area contributed by atoms with Crippen LogP contribution in [0, 0.1) is 6.92 Å². The third-order valence-corrected chi connectivity index (χ3v) is 5.23. The van der Waals surface area contributed by atoms with Gasteiger partial charge in [0.25, 0.3) is 0 Å². The van der Waals surface area contributed by atoms with Gasteiger partial charge in [-0.15, -0.1) is 0 Å². The second-order valence-corrected chi connectivity index (χ2v) is 10.0. The van der Waals surface area contributed by atoms with Crippen molar-refractivity contribution in [1.29, 1.82) is 0 Å². The lowest BCUT2D eigenvalue weighted by Gasteiger charge is -2.37. The third kappa shape index (κ3) is 10.4. The number of nitrogens with one attached hydrogen (secondary N) is 2. The number of nitrogens with zero attached hydrogens (tertiary/aromatic N) is 1. The van der Waals surface area contributed by atoms with Gasteiger partial charge in [0, 0.05) is 19.0 Å². The minimum Gasteiger partial charge on any atom is -0.444 e. The van der Waals surface area contributed by atoms with E-state index in [-0.39, 0.29) is 24.8 Å². The Morgan fingerprint density at radius 1 is 1.09 bits per heavy atom. The van der Waals surface area contributed by atoms with E-state index in [1.54, 1.807) is 34.6 Å². The Hall–Kier alpha value is -3.10. The van der Waals surface area contributed by atoms with Crippen LogP contribution in [-0.4, -0.2) is 52.9 Å². The van der Waals surface area contributed by atoms with Gasteiger partial charge < -0.3 is 26.0 Å². The van der Waals surface area contributed by atoms with Gasteiger partial charge in [-0.25, -0.2) is 4.79 Å². The minimum absolute atomic E-state index is 0.0191. The number of aryl methyl sites for hydroxylation is 1. The van der Waals surface area contributed by atoms with Gasteiger partial charge in [0.15, 0.2) is 0 Å². The third-order valence-electron chi connectivity index (χ3n) is 5.23. The largest absolute Gasteiger partial charge is 0.444 e. The highest BCUT2D eigenvalue weighted by atomic mass is 16.6. The number of primary amides is 1. The first-order valence-corrected chi connectivity index (χ1v) is 12.2. The maximum absolute atomic E-state index is 13.8. The fourth-order valence-corrected chi connectivity index (χ4v) is 3.53. The SMILES string of the molecule is CCCCNC(=O)C(c1ccc(C)cc1)N(C(=O)C(CCC(N)=O)NC(=O)OC(C)(C)C)C(C)C. The van der Waals surface area contributed by atoms with Gasteiger partial charge in [-0.2, -0.15) is 0 Å². The zero-order valence-corrected chi connectivity index (χ0v) is 22.1. The van der Waals surface area contributed by atoms with Crippen molar-refractivity contribution in [2.75, 3.05) is 6.54 Å². The average molecular weight is 491 g/mol. The molecule has 196 valence electrons. The molecule has 9 heteroatoms. The number of rotatable bonds is 12. The number of hydrogen-bond acceptors (Lipinski definition) is 5. The Bertz CT molecular complexity index is 861. The molecule has 0 saturated carbocycles. The number of carbonyl (C=O) groups excluding carboxylic acids is 4. The van der Waals surface area contributed by atoms with Crippen LogP contribution in [0.4, 0.5) is 4.79 Å². The Morgan fingerprint density at radius 3 is 2.17 bits per heavy atom. The summed E-state index contributed by atoms with van der Waals surface area (Å²) in [5.41, 5.74) is 6.21. The van der Waals surface area contributed by atoms with E-state index in [0.29, 0.717) is 12.1 Å². The number of ether oxygens (including phenoxy) is 1. The first kappa shape index (κ1) is 29.9. The molecule has 0 spiro atoms. The van der Waals surface area contributed by atoms with E-state index in [1.165, 1.54) is 4.90 Å². The second kappa shape index (κ2) is 13.7. The highest BCUT2D eigenvalue weighted by Gasteiger charge is 2.37. The van der Waals surface area contributed by atoms with Crippen LogP contribution in [-0.2, 0) is 19.1 Å². The molecule has 2 atom stereocenters. The fraction of sp³-hybridized carbons (Fsp3) is 0.615. The molecule has 1 aromatic rings. The predicted molar refractivity (Wildman–Crippen MR) is 135 cm³/mol. The predicted octanol–water partition coefficient (Wildman–Crippen LogP) is 3.35. The summed E-state index contributed by atoms with van der Waals surface area (Å²) in [5, 5.41) is 5.51. The van der Waals surface area contributed by atoms with E-state index in [0.717, 1.165) is 18.4 Å². The van der Waals surface area contributed by atoms with Crippen molar-refractivity contribution >= 4 is 23.8 Å². The van der Waals surface area contributed by atoms with Crippen LogP contribution in [0.2, 0.25) is 0 Å². The smallest absolute Gasteiger partial charge is 0.408 e. The summed E-state index contributed by atoms with van der Waals surface area (Å²) in [6.07, 6.45) is 0.800. The summed E-state index contributed by atoms with van der Waals surface area (Å²) in [6, 6.07) is 5.00. The van der Waals surface area contributed by atoms with Crippen molar-refractivity contribution in [3.8, 4) is 0 Å². The van der Waals surface area contributed by atoms with E-state index in [9.17, 15) is 19.2 Å². The van der Waals surface area contributed by atoms with Gasteiger partial charge >= 0.3 is 6.09 Å². The maximum Gasteiger partial charge on any atom is 0.408 e. The number of amides is 4. The van der Waals surface area contributed by atoms with Crippen molar-refractivity contribution in [2.45, 2.75) is 97.9 Å². The average Bonchev–Trinajstić information content (AvgIpc) is 2.73. The van der Waals surface area contributed by atoms with Gasteiger partial charge in [0.2, 0.25) is 17.7 Å².